The molecule has 1 aromatic rings. The molecule has 0 saturated heterocycles. The van der Waals surface area contributed by atoms with Crippen LogP contribution in [0.4, 0.5) is 0 Å². The normalized spacial score (nSPS) is 13.1. The van der Waals surface area contributed by atoms with Gasteiger partial charge in [0.2, 0.25) is 0 Å². The third kappa shape index (κ3) is 4.33. The van der Waals surface area contributed by atoms with Gasteiger partial charge in [-0.1, -0.05) is 58.0 Å². The second-order valence-electron chi connectivity index (χ2n) is 5.49. The topological polar surface area (TPSA) is 17.1 Å². The predicted molar refractivity (Wildman–Crippen MR) is 73.1 cm³/mol. The molecular formula is C16H24O. The molecule has 0 radical (unpaired) electrons. The molecule has 0 N–H and O–H groups in total. The summed E-state index contributed by atoms with van der Waals surface area (Å²) < 4.78 is 0. The van der Waals surface area contributed by atoms with E-state index in [9.17, 15) is 4.79 Å². The first-order valence-electron chi connectivity index (χ1n) is 6.61. The average Bonchev–Trinajstić information content (AvgIpc) is 2.30. The smallest absolute Gasteiger partial charge is 0.142 e. The monoisotopic (exact) mass is 232 g/mol. The fourth-order valence-corrected chi connectivity index (χ4v) is 2.06. The molecule has 0 amide bonds. The Morgan fingerprint density at radius 1 is 1.00 bits per heavy atom. The molecule has 17 heavy (non-hydrogen) atoms. The van der Waals surface area contributed by atoms with Crippen molar-refractivity contribution < 1.29 is 4.79 Å². The van der Waals surface area contributed by atoms with E-state index in [0.717, 1.165) is 12.8 Å². The molecule has 0 aliphatic heterocycles. The molecule has 1 unspecified atom stereocenters. The maximum atomic E-state index is 12.3. The highest BCUT2D eigenvalue weighted by Gasteiger charge is 2.22. The van der Waals surface area contributed by atoms with Crippen LogP contribution in [0.1, 0.15) is 52.0 Å². The quantitative estimate of drug-likeness (QED) is 0.709. The Bertz CT molecular complexity index is 338. The Labute approximate surface area is 105 Å². The number of carbonyl (C=O) groups excluding carboxylic acids is 1. The largest absolute Gasteiger partial charge is 0.299 e. The lowest BCUT2D eigenvalue weighted by Gasteiger charge is -2.19. The fraction of sp³-hybridized carbons (Fsp3) is 0.562. The van der Waals surface area contributed by atoms with E-state index in [4.69, 9.17) is 0 Å². The summed E-state index contributed by atoms with van der Waals surface area (Å²) in [5.41, 5.74) is 1.17. The molecule has 0 bridgehead atoms. The molecular weight excluding hydrogens is 208 g/mol. The standard InChI is InChI=1S/C16H24O/c1-12(2)10-11-15(16(17)13(3)4)14-8-6-5-7-9-14/h5-9,12-13,15H,10-11H2,1-4H3. The second kappa shape index (κ2) is 6.58. The van der Waals surface area contributed by atoms with Crippen LogP contribution in [0.2, 0.25) is 0 Å². The molecule has 0 aromatic heterocycles. The van der Waals surface area contributed by atoms with Crippen LogP contribution in [0.15, 0.2) is 30.3 Å². The van der Waals surface area contributed by atoms with Crippen LogP contribution in [-0.2, 0) is 4.79 Å². The number of hydrogen-bond donors (Lipinski definition) is 0. The second-order valence-corrected chi connectivity index (χ2v) is 5.49. The molecule has 1 atom stereocenters. The molecule has 1 rings (SSSR count). The van der Waals surface area contributed by atoms with Crippen molar-refractivity contribution in [3.63, 3.8) is 0 Å². The van der Waals surface area contributed by atoms with Crippen LogP contribution in [0.25, 0.3) is 0 Å². The first-order chi connectivity index (χ1) is 8.02. The van der Waals surface area contributed by atoms with E-state index in [1.165, 1.54) is 5.56 Å². The summed E-state index contributed by atoms with van der Waals surface area (Å²) in [7, 11) is 0. The Balaban J connectivity index is 2.83. The summed E-state index contributed by atoms with van der Waals surface area (Å²) in [6, 6.07) is 10.2. The van der Waals surface area contributed by atoms with E-state index in [0.29, 0.717) is 11.7 Å². The van der Waals surface area contributed by atoms with Crippen molar-refractivity contribution in [3.05, 3.63) is 35.9 Å². The van der Waals surface area contributed by atoms with Crippen molar-refractivity contribution in [1.29, 1.82) is 0 Å². The molecule has 0 aliphatic carbocycles. The summed E-state index contributed by atoms with van der Waals surface area (Å²) in [4.78, 5) is 12.3. The third-order valence-corrected chi connectivity index (χ3v) is 3.15. The van der Waals surface area contributed by atoms with Crippen molar-refractivity contribution in [2.75, 3.05) is 0 Å². The van der Waals surface area contributed by atoms with E-state index in [2.05, 4.69) is 26.0 Å². The summed E-state index contributed by atoms with van der Waals surface area (Å²) in [5.74, 6) is 1.23. The first-order valence-corrected chi connectivity index (χ1v) is 6.61. The number of Topliss-reactive ketones (excluding diaryl/α,β-unsaturated/α-hetero) is 1. The highest BCUT2D eigenvalue weighted by Crippen LogP contribution is 2.26. The highest BCUT2D eigenvalue weighted by molar-refractivity contribution is 5.87. The van der Waals surface area contributed by atoms with Crippen molar-refractivity contribution in [1.82, 2.24) is 0 Å². The van der Waals surface area contributed by atoms with E-state index in [-0.39, 0.29) is 11.8 Å². The van der Waals surface area contributed by atoms with Gasteiger partial charge in [-0.2, -0.15) is 0 Å². The van der Waals surface area contributed by atoms with E-state index < -0.39 is 0 Å². The van der Waals surface area contributed by atoms with Crippen LogP contribution in [-0.4, -0.2) is 5.78 Å². The Morgan fingerprint density at radius 2 is 1.59 bits per heavy atom. The van der Waals surface area contributed by atoms with E-state index in [1.54, 1.807) is 0 Å². The molecule has 1 aromatic carbocycles. The third-order valence-electron chi connectivity index (χ3n) is 3.15. The van der Waals surface area contributed by atoms with Gasteiger partial charge < -0.3 is 0 Å². The molecule has 0 heterocycles. The van der Waals surface area contributed by atoms with Gasteiger partial charge in [0.15, 0.2) is 0 Å². The van der Waals surface area contributed by atoms with Crippen LogP contribution in [0, 0.1) is 11.8 Å². The zero-order valence-electron chi connectivity index (χ0n) is 11.4. The summed E-state index contributed by atoms with van der Waals surface area (Å²) >= 11 is 0. The molecule has 94 valence electrons. The van der Waals surface area contributed by atoms with Crippen LogP contribution >= 0.6 is 0 Å². The van der Waals surface area contributed by atoms with Crippen molar-refractivity contribution >= 4 is 5.78 Å². The molecule has 0 saturated carbocycles. The molecule has 1 nitrogen and oxygen atoms in total. The predicted octanol–water partition coefficient (Wildman–Crippen LogP) is 4.43. The summed E-state index contributed by atoms with van der Waals surface area (Å²) in [5, 5.41) is 0. The van der Waals surface area contributed by atoms with Crippen LogP contribution in [0.5, 0.6) is 0 Å². The highest BCUT2D eigenvalue weighted by atomic mass is 16.1. The minimum Gasteiger partial charge on any atom is -0.299 e. The minimum atomic E-state index is 0.0820. The minimum absolute atomic E-state index is 0.0820. The maximum Gasteiger partial charge on any atom is 0.142 e. The van der Waals surface area contributed by atoms with Gasteiger partial charge in [-0.25, -0.2) is 0 Å². The number of benzene rings is 1. The number of ketones is 1. The van der Waals surface area contributed by atoms with Gasteiger partial charge in [0, 0.05) is 11.8 Å². The zero-order chi connectivity index (χ0) is 12.8. The maximum absolute atomic E-state index is 12.3. The number of rotatable bonds is 6. The van der Waals surface area contributed by atoms with E-state index >= 15 is 0 Å². The number of carbonyl (C=O) groups is 1. The van der Waals surface area contributed by atoms with Crippen molar-refractivity contribution in [2.24, 2.45) is 11.8 Å². The Kier molecular flexibility index (Phi) is 5.40. The zero-order valence-corrected chi connectivity index (χ0v) is 11.4. The van der Waals surface area contributed by atoms with E-state index in [1.807, 2.05) is 32.0 Å². The van der Waals surface area contributed by atoms with Crippen molar-refractivity contribution in [2.45, 2.75) is 46.5 Å². The van der Waals surface area contributed by atoms with Gasteiger partial charge in [-0.15, -0.1) is 0 Å². The number of hydrogen-bond acceptors (Lipinski definition) is 1. The van der Waals surface area contributed by atoms with Gasteiger partial charge in [-0.05, 0) is 24.3 Å². The molecule has 0 aliphatic rings. The van der Waals surface area contributed by atoms with Crippen LogP contribution < -0.4 is 0 Å². The summed E-state index contributed by atoms with van der Waals surface area (Å²) in [6.45, 7) is 8.41. The lowest BCUT2D eigenvalue weighted by molar-refractivity contribution is -0.123. The molecule has 0 spiro atoms. The Hall–Kier alpha value is -1.11. The lowest BCUT2D eigenvalue weighted by Crippen LogP contribution is -2.18. The summed E-state index contributed by atoms with van der Waals surface area (Å²) in [6.07, 6.45) is 2.08. The lowest BCUT2D eigenvalue weighted by atomic mass is 9.84. The SMILES string of the molecule is CC(C)CCC(C(=O)C(C)C)c1ccccc1. The van der Waals surface area contributed by atoms with Gasteiger partial charge in [-0.3, -0.25) is 4.79 Å². The molecule has 1 heteroatoms. The van der Waals surface area contributed by atoms with Gasteiger partial charge in [0.05, 0.1) is 0 Å². The van der Waals surface area contributed by atoms with Gasteiger partial charge >= 0.3 is 0 Å². The van der Waals surface area contributed by atoms with Gasteiger partial charge in [0.1, 0.15) is 5.78 Å². The van der Waals surface area contributed by atoms with Crippen LogP contribution in [0.3, 0.4) is 0 Å². The Morgan fingerprint density at radius 3 is 2.06 bits per heavy atom. The first kappa shape index (κ1) is 14.0. The van der Waals surface area contributed by atoms with Gasteiger partial charge in [0.25, 0.3) is 0 Å². The molecule has 0 fully saturated rings. The fourth-order valence-electron chi connectivity index (χ4n) is 2.06. The van der Waals surface area contributed by atoms with Crippen molar-refractivity contribution in [3.8, 4) is 0 Å². The average molecular weight is 232 g/mol.